The van der Waals surface area contributed by atoms with Crippen LogP contribution in [0.15, 0.2) is 57.9 Å². The van der Waals surface area contributed by atoms with Crippen LogP contribution in [0, 0.1) is 0 Å². The topological polar surface area (TPSA) is 97.0 Å². The van der Waals surface area contributed by atoms with Crippen LogP contribution in [0.1, 0.15) is 34.3 Å². The summed E-state index contributed by atoms with van der Waals surface area (Å²) in [5, 5.41) is 7.10. The van der Waals surface area contributed by atoms with Gasteiger partial charge in [-0.15, -0.1) is 0 Å². The van der Waals surface area contributed by atoms with E-state index in [1.807, 2.05) is 18.3 Å². The molecule has 9 heteroatoms. The zero-order valence-electron chi connectivity index (χ0n) is 13.7. The highest BCUT2D eigenvalue weighted by molar-refractivity contribution is 9.10. The molecule has 1 fully saturated rings. The molecule has 1 saturated heterocycles. The van der Waals surface area contributed by atoms with Gasteiger partial charge in [-0.1, -0.05) is 0 Å². The van der Waals surface area contributed by atoms with Gasteiger partial charge < -0.3 is 9.73 Å². The number of hydrogen-bond donors (Lipinski definition) is 3. The van der Waals surface area contributed by atoms with Gasteiger partial charge in [-0.3, -0.25) is 14.5 Å². The Bertz CT molecular complexity index is 894. The lowest BCUT2D eigenvalue weighted by Crippen LogP contribution is -2.44. The molecule has 0 aromatic carbocycles. The molecular weight excluding hydrogens is 400 g/mol. The first-order valence-corrected chi connectivity index (χ1v) is 8.95. The van der Waals surface area contributed by atoms with Gasteiger partial charge in [0.15, 0.2) is 5.76 Å². The number of aromatic nitrogens is 3. The average molecular weight is 417 g/mol. The van der Waals surface area contributed by atoms with E-state index in [1.165, 1.54) is 0 Å². The Kier molecular flexibility index (Phi) is 4.83. The summed E-state index contributed by atoms with van der Waals surface area (Å²) in [4.78, 5) is 16.4. The molecule has 3 aromatic rings. The zero-order valence-corrected chi connectivity index (χ0v) is 15.3. The van der Waals surface area contributed by atoms with E-state index in [9.17, 15) is 4.79 Å². The molecule has 1 amide bonds. The molecule has 0 bridgehead atoms. The minimum Gasteiger partial charge on any atom is -0.454 e. The second kappa shape index (κ2) is 7.40. The Hall–Kier alpha value is -2.49. The molecule has 2 unspecified atom stereocenters. The standard InChI is InChI=1S/C17H17BrN6O2/c18-12-8-20-24(9-12)10-13-1-2-15(26-13)17(25)21-16-7-14(22-23-16)11-3-5-19-6-4-11/h1-6,8-9,14,16,22-23H,7,10H2,(H,21,25). The third-order valence-electron chi connectivity index (χ3n) is 4.12. The van der Waals surface area contributed by atoms with Gasteiger partial charge in [-0.2, -0.15) is 5.10 Å². The van der Waals surface area contributed by atoms with Crippen molar-refractivity contribution in [2.24, 2.45) is 0 Å². The van der Waals surface area contributed by atoms with Crippen molar-refractivity contribution in [3.05, 3.63) is 70.6 Å². The van der Waals surface area contributed by atoms with Crippen LogP contribution in [0.25, 0.3) is 0 Å². The molecular formula is C17H17BrN6O2. The fraction of sp³-hybridized carbons (Fsp3) is 0.235. The molecule has 0 aliphatic carbocycles. The number of rotatable bonds is 5. The quantitative estimate of drug-likeness (QED) is 0.588. The van der Waals surface area contributed by atoms with Gasteiger partial charge in [0, 0.05) is 31.1 Å². The van der Waals surface area contributed by atoms with Gasteiger partial charge in [0.25, 0.3) is 5.91 Å². The fourth-order valence-electron chi connectivity index (χ4n) is 2.86. The van der Waals surface area contributed by atoms with E-state index in [2.05, 4.69) is 42.2 Å². The van der Waals surface area contributed by atoms with Crippen LogP contribution < -0.4 is 16.2 Å². The number of halogens is 1. The molecule has 0 radical (unpaired) electrons. The van der Waals surface area contributed by atoms with Gasteiger partial charge in [-0.25, -0.2) is 10.9 Å². The smallest absolute Gasteiger partial charge is 0.288 e. The van der Waals surface area contributed by atoms with Gasteiger partial charge in [0.2, 0.25) is 0 Å². The fourth-order valence-corrected chi connectivity index (χ4v) is 3.19. The van der Waals surface area contributed by atoms with Crippen molar-refractivity contribution >= 4 is 21.8 Å². The van der Waals surface area contributed by atoms with Crippen LogP contribution in [-0.4, -0.2) is 26.8 Å². The third-order valence-corrected chi connectivity index (χ3v) is 4.53. The van der Waals surface area contributed by atoms with E-state index in [1.54, 1.807) is 35.4 Å². The Morgan fingerprint density at radius 3 is 2.92 bits per heavy atom. The summed E-state index contributed by atoms with van der Waals surface area (Å²) in [6, 6.07) is 7.48. The van der Waals surface area contributed by atoms with Crippen molar-refractivity contribution in [2.75, 3.05) is 0 Å². The monoisotopic (exact) mass is 416 g/mol. The van der Waals surface area contributed by atoms with Crippen molar-refractivity contribution in [3.63, 3.8) is 0 Å². The predicted molar refractivity (Wildman–Crippen MR) is 96.9 cm³/mol. The summed E-state index contributed by atoms with van der Waals surface area (Å²) in [5.74, 6) is 0.686. The molecule has 2 atom stereocenters. The first-order valence-electron chi connectivity index (χ1n) is 8.16. The first-order chi connectivity index (χ1) is 12.7. The highest BCUT2D eigenvalue weighted by atomic mass is 79.9. The maximum atomic E-state index is 12.4. The number of nitrogens with zero attached hydrogens (tertiary/aromatic N) is 3. The number of amides is 1. The number of hydrogen-bond acceptors (Lipinski definition) is 6. The number of hydrazine groups is 1. The number of furan rings is 1. The lowest BCUT2D eigenvalue weighted by Gasteiger charge is -2.11. The minimum absolute atomic E-state index is 0.119. The third kappa shape index (κ3) is 3.85. The lowest BCUT2D eigenvalue weighted by atomic mass is 10.1. The summed E-state index contributed by atoms with van der Waals surface area (Å²) < 4.78 is 8.26. The number of carbonyl (C=O) groups excluding carboxylic acids is 1. The number of carbonyl (C=O) groups is 1. The molecule has 8 nitrogen and oxygen atoms in total. The van der Waals surface area contributed by atoms with E-state index >= 15 is 0 Å². The van der Waals surface area contributed by atoms with Crippen molar-refractivity contribution in [2.45, 2.75) is 25.2 Å². The van der Waals surface area contributed by atoms with Gasteiger partial charge in [-0.05, 0) is 45.8 Å². The van der Waals surface area contributed by atoms with Crippen LogP contribution in [0.5, 0.6) is 0 Å². The van der Waals surface area contributed by atoms with Crippen LogP contribution >= 0.6 is 15.9 Å². The SMILES string of the molecule is O=C(NC1CC(c2ccncc2)NN1)c1ccc(Cn2cc(Br)cn2)o1. The lowest BCUT2D eigenvalue weighted by molar-refractivity contribution is 0.0902. The van der Waals surface area contributed by atoms with Crippen molar-refractivity contribution in [3.8, 4) is 0 Å². The number of pyridine rings is 1. The normalized spacial score (nSPS) is 19.6. The Morgan fingerprint density at radius 2 is 2.15 bits per heavy atom. The van der Waals surface area contributed by atoms with Gasteiger partial charge in [0.05, 0.1) is 23.4 Å². The molecule has 0 spiro atoms. The second-order valence-corrected chi connectivity index (χ2v) is 6.92. The minimum atomic E-state index is -0.257. The molecule has 0 saturated carbocycles. The van der Waals surface area contributed by atoms with Gasteiger partial charge >= 0.3 is 0 Å². The van der Waals surface area contributed by atoms with Crippen molar-refractivity contribution < 1.29 is 9.21 Å². The molecule has 3 aromatic heterocycles. The van der Waals surface area contributed by atoms with E-state index in [0.29, 0.717) is 12.3 Å². The van der Waals surface area contributed by atoms with Crippen LogP contribution in [0.2, 0.25) is 0 Å². The van der Waals surface area contributed by atoms with Crippen molar-refractivity contribution in [1.82, 2.24) is 30.9 Å². The molecule has 134 valence electrons. The average Bonchev–Trinajstić information content (AvgIpc) is 3.38. The number of nitrogens with one attached hydrogen (secondary N) is 3. The van der Waals surface area contributed by atoms with E-state index in [0.717, 1.165) is 16.5 Å². The highest BCUT2D eigenvalue weighted by Crippen LogP contribution is 2.20. The zero-order chi connectivity index (χ0) is 17.9. The molecule has 1 aliphatic rings. The predicted octanol–water partition coefficient (Wildman–Crippen LogP) is 1.98. The molecule has 4 rings (SSSR count). The van der Waals surface area contributed by atoms with Gasteiger partial charge in [0.1, 0.15) is 5.76 Å². The first kappa shape index (κ1) is 17.0. The molecule has 3 N–H and O–H groups in total. The summed E-state index contributed by atoms with van der Waals surface area (Å²) in [7, 11) is 0. The Labute approximate surface area is 158 Å². The Morgan fingerprint density at radius 1 is 1.31 bits per heavy atom. The van der Waals surface area contributed by atoms with Crippen molar-refractivity contribution in [1.29, 1.82) is 0 Å². The summed E-state index contributed by atoms with van der Waals surface area (Å²) >= 11 is 3.35. The Balaban J connectivity index is 1.34. The largest absolute Gasteiger partial charge is 0.454 e. The maximum absolute atomic E-state index is 12.4. The van der Waals surface area contributed by atoms with E-state index in [-0.39, 0.29) is 23.9 Å². The van der Waals surface area contributed by atoms with Crippen LogP contribution in [0.3, 0.4) is 0 Å². The molecule has 4 heterocycles. The maximum Gasteiger partial charge on any atom is 0.288 e. The second-order valence-electron chi connectivity index (χ2n) is 6.01. The summed E-state index contributed by atoms with van der Waals surface area (Å²) in [6.07, 6.45) is 7.60. The van der Waals surface area contributed by atoms with E-state index in [4.69, 9.17) is 4.42 Å². The highest BCUT2D eigenvalue weighted by Gasteiger charge is 2.27. The van der Waals surface area contributed by atoms with Crippen LogP contribution in [0.4, 0.5) is 0 Å². The summed E-state index contributed by atoms with van der Waals surface area (Å²) in [6.45, 7) is 0.465. The van der Waals surface area contributed by atoms with Crippen LogP contribution in [-0.2, 0) is 6.54 Å². The molecule has 1 aliphatic heterocycles. The molecule has 26 heavy (non-hydrogen) atoms. The van der Waals surface area contributed by atoms with E-state index < -0.39 is 0 Å². The summed E-state index contributed by atoms with van der Waals surface area (Å²) in [5.41, 5.74) is 7.39.